The number of carbonyl (C=O) groups excluding carboxylic acids is 1. The molecule has 1 heterocycles. The number of piperidine rings is 1. The zero-order valence-electron chi connectivity index (χ0n) is 16.0. The molecular weight excluding hydrogens is 342 g/mol. The van der Waals surface area contributed by atoms with Crippen LogP contribution in [0.2, 0.25) is 0 Å². The summed E-state index contributed by atoms with van der Waals surface area (Å²) in [7, 11) is 0. The molecule has 0 spiro atoms. The zero-order valence-corrected chi connectivity index (χ0v) is 16.0. The first-order chi connectivity index (χ1) is 12.8. The minimum absolute atomic E-state index is 0.0161. The summed E-state index contributed by atoms with van der Waals surface area (Å²) in [4.78, 5) is 25.8. The Balaban J connectivity index is 1.84. The van der Waals surface area contributed by atoms with E-state index >= 15 is 0 Å². The molecule has 0 radical (unpaired) electrons. The van der Waals surface area contributed by atoms with E-state index in [1.165, 1.54) is 6.07 Å². The average molecular weight is 367 g/mol. The van der Waals surface area contributed by atoms with Crippen LogP contribution in [0.15, 0.2) is 36.4 Å². The van der Waals surface area contributed by atoms with E-state index in [0.29, 0.717) is 17.3 Å². The molecule has 6 nitrogen and oxygen atoms in total. The van der Waals surface area contributed by atoms with Gasteiger partial charge in [0.15, 0.2) is 0 Å². The first-order valence-electron chi connectivity index (χ1n) is 9.26. The number of carbonyl (C=O) groups is 1. The molecule has 27 heavy (non-hydrogen) atoms. The minimum Gasteiger partial charge on any atom is -0.366 e. The summed E-state index contributed by atoms with van der Waals surface area (Å²) in [6.45, 7) is 7.72. The van der Waals surface area contributed by atoms with Crippen molar-refractivity contribution < 1.29 is 9.72 Å². The lowest BCUT2D eigenvalue weighted by Crippen LogP contribution is -2.33. The van der Waals surface area contributed by atoms with Gasteiger partial charge in [-0.15, -0.1) is 0 Å². The third-order valence-electron chi connectivity index (χ3n) is 5.04. The van der Waals surface area contributed by atoms with Crippen LogP contribution in [-0.4, -0.2) is 23.9 Å². The van der Waals surface area contributed by atoms with Crippen molar-refractivity contribution in [2.45, 2.75) is 33.6 Å². The summed E-state index contributed by atoms with van der Waals surface area (Å²) in [6.07, 6.45) is 2.04. The number of hydrogen-bond acceptors (Lipinski definition) is 4. The van der Waals surface area contributed by atoms with Crippen molar-refractivity contribution in [1.82, 2.24) is 0 Å². The Hall–Kier alpha value is -2.89. The second kappa shape index (κ2) is 7.78. The highest BCUT2D eigenvalue weighted by atomic mass is 16.6. The van der Waals surface area contributed by atoms with Gasteiger partial charge in [-0.2, -0.15) is 0 Å². The van der Waals surface area contributed by atoms with Gasteiger partial charge in [-0.05, 0) is 68.0 Å². The van der Waals surface area contributed by atoms with Crippen LogP contribution >= 0.6 is 0 Å². The molecule has 142 valence electrons. The van der Waals surface area contributed by atoms with Gasteiger partial charge < -0.3 is 10.2 Å². The van der Waals surface area contributed by atoms with Crippen molar-refractivity contribution in [1.29, 1.82) is 0 Å². The van der Waals surface area contributed by atoms with E-state index in [4.69, 9.17) is 0 Å². The summed E-state index contributed by atoms with van der Waals surface area (Å²) >= 11 is 0. The molecule has 2 aromatic rings. The molecule has 0 saturated carbocycles. The largest absolute Gasteiger partial charge is 0.366 e. The van der Waals surface area contributed by atoms with Gasteiger partial charge in [-0.1, -0.05) is 13.0 Å². The maximum absolute atomic E-state index is 12.6. The average Bonchev–Trinajstić information content (AvgIpc) is 2.61. The van der Waals surface area contributed by atoms with Crippen molar-refractivity contribution >= 4 is 23.0 Å². The van der Waals surface area contributed by atoms with E-state index in [1.807, 2.05) is 36.9 Å². The Morgan fingerprint density at radius 1 is 1.11 bits per heavy atom. The van der Waals surface area contributed by atoms with Crippen LogP contribution < -0.4 is 10.2 Å². The first-order valence-corrected chi connectivity index (χ1v) is 9.26. The van der Waals surface area contributed by atoms with Crippen molar-refractivity contribution in [2.75, 3.05) is 23.3 Å². The second-order valence-electron chi connectivity index (χ2n) is 7.46. The van der Waals surface area contributed by atoms with Gasteiger partial charge >= 0.3 is 0 Å². The molecule has 0 aromatic heterocycles. The Bertz CT molecular complexity index is 851. The van der Waals surface area contributed by atoms with Gasteiger partial charge in [0.1, 0.15) is 5.69 Å². The highest BCUT2D eigenvalue weighted by Crippen LogP contribution is 2.32. The lowest BCUT2D eigenvalue weighted by Gasteiger charge is -2.31. The molecular formula is C21H25N3O3. The number of rotatable bonds is 4. The smallest absolute Gasteiger partial charge is 0.293 e. The molecule has 1 fully saturated rings. The fourth-order valence-corrected chi connectivity index (χ4v) is 3.58. The predicted octanol–water partition coefficient (Wildman–Crippen LogP) is 4.70. The lowest BCUT2D eigenvalue weighted by atomic mass is 9.98. The maximum Gasteiger partial charge on any atom is 0.293 e. The number of nitro benzene ring substituents is 1. The Kier molecular flexibility index (Phi) is 5.44. The molecule has 2 aromatic carbocycles. The number of nitro groups is 1. The molecule has 0 bridgehead atoms. The molecule has 1 aliphatic rings. The van der Waals surface area contributed by atoms with Crippen LogP contribution in [0.4, 0.5) is 17.1 Å². The summed E-state index contributed by atoms with van der Waals surface area (Å²) in [5.41, 5.74) is 3.65. The van der Waals surface area contributed by atoms with Crippen LogP contribution in [0, 0.1) is 29.9 Å². The van der Waals surface area contributed by atoms with E-state index < -0.39 is 4.92 Å². The van der Waals surface area contributed by atoms with Crippen LogP contribution in [0.3, 0.4) is 0 Å². The van der Waals surface area contributed by atoms with E-state index in [0.717, 1.165) is 37.1 Å². The molecule has 1 aliphatic heterocycles. The molecule has 3 rings (SSSR count). The Morgan fingerprint density at radius 2 is 1.74 bits per heavy atom. The first kappa shape index (κ1) is 18.9. The Labute approximate surface area is 159 Å². The predicted molar refractivity (Wildman–Crippen MR) is 108 cm³/mol. The topological polar surface area (TPSA) is 75.5 Å². The minimum atomic E-state index is -0.402. The van der Waals surface area contributed by atoms with Crippen LogP contribution in [0.1, 0.15) is 41.3 Å². The number of aryl methyl sites for hydroxylation is 2. The van der Waals surface area contributed by atoms with Gasteiger partial charge in [0, 0.05) is 30.4 Å². The van der Waals surface area contributed by atoms with E-state index in [2.05, 4.69) is 12.2 Å². The fourth-order valence-electron chi connectivity index (χ4n) is 3.58. The molecule has 0 aliphatic carbocycles. The van der Waals surface area contributed by atoms with Gasteiger partial charge in [0.2, 0.25) is 0 Å². The summed E-state index contributed by atoms with van der Waals surface area (Å²) in [6, 6.07) is 10.5. The van der Waals surface area contributed by atoms with Crippen molar-refractivity contribution in [2.24, 2.45) is 5.92 Å². The number of anilines is 2. The second-order valence-corrected chi connectivity index (χ2v) is 7.46. The van der Waals surface area contributed by atoms with Crippen LogP contribution in [0.25, 0.3) is 0 Å². The maximum atomic E-state index is 12.6. The highest BCUT2D eigenvalue weighted by molar-refractivity contribution is 6.05. The number of amides is 1. The van der Waals surface area contributed by atoms with Gasteiger partial charge in [-0.3, -0.25) is 14.9 Å². The number of nitrogens with one attached hydrogen (secondary N) is 1. The van der Waals surface area contributed by atoms with Gasteiger partial charge in [-0.25, -0.2) is 0 Å². The molecule has 6 heteroatoms. The summed E-state index contributed by atoms with van der Waals surface area (Å²) in [5, 5.41) is 14.4. The van der Waals surface area contributed by atoms with E-state index in [9.17, 15) is 14.9 Å². The number of nitrogens with zero attached hydrogens (tertiary/aromatic N) is 2. The molecule has 0 unspecified atom stereocenters. The van der Waals surface area contributed by atoms with Gasteiger partial charge in [0.25, 0.3) is 11.6 Å². The number of benzene rings is 2. The SMILES string of the molecule is Cc1cc(C)cc(NC(=O)c2ccc(N3CCC(C)CC3)c([N+](=O)[O-])c2)c1. The van der Waals surface area contributed by atoms with Gasteiger partial charge in [0.05, 0.1) is 4.92 Å². The quantitative estimate of drug-likeness (QED) is 0.628. The van der Waals surface area contributed by atoms with Crippen molar-refractivity contribution in [3.8, 4) is 0 Å². The van der Waals surface area contributed by atoms with E-state index in [-0.39, 0.29) is 17.2 Å². The molecule has 1 amide bonds. The van der Waals surface area contributed by atoms with Crippen LogP contribution in [-0.2, 0) is 0 Å². The van der Waals surface area contributed by atoms with Crippen molar-refractivity contribution in [3.05, 3.63) is 63.2 Å². The number of hydrogen-bond donors (Lipinski definition) is 1. The lowest BCUT2D eigenvalue weighted by molar-refractivity contribution is -0.384. The standard InChI is InChI=1S/C21H25N3O3/c1-14-6-8-23(9-7-14)19-5-4-17(13-20(19)24(26)27)21(25)22-18-11-15(2)10-16(3)12-18/h4-5,10-14H,6-9H2,1-3H3,(H,22,25). The Morgan fingerprint density at radius 3 is 2.33 bits per heavy atom. The van der Waals surface area contributed by atoms with Crippen molar-refractivity contribution in [3.63, 3.8) is 0 Å². The summed E-state index contributed by atoms with van der Waals surface area (Å²) in [5.74, 6) is 0.296. The third kappa shape index (κ3) is 4.45. The molecule has 0 atom stereocenters. The summed E-state index contributed by atoms with van der Waals surface area (Å²) < 4.78 is 0. The van der Waals surface area contributed by atoms with E-state index in [1.54, 1.807) is 12.1 Å². The van der Waals surface area contributed by atoms with Crippen LogP contribution in [0.5, 0.6) is 0 Å². The fraction of sp³-hybridized carbons (Fsp3) is 0.381. The molecule has 1 N–H and O–H groups in total. The zero-order chi connectivity index (χ0) is 19.6. The third-order valence-corrected chi connectivity index (χ3v) is 5.04. The normalized spacial score (nSPS) is 14.9. The monoisotopic (exact) mass is 367 g/mol. The molecule has 1 saturated heterocycles. The highest BCUT2D eigenvalue weighted by Gasteiger charge is 2.24.